The Balaban J connectivity index is 1.77. The average molecular weight is 379 g/mol. The van der Waals surface area contributed by atoms with Crippen LogP contribution in [0.25, 0.3) is 16.7 Å². The summed E-state index contributed by atoms with van der Waals surface area (Å²) in [7, 11) is 0. The van der Waals surface area contributed by atoms with E-state index in [2.05, 4.69) is 0 Å². The number of hydrogen-bond donors (Lipinski definition) is 1. The Bertz CT molecular complexity index is 849. The summed E-state index contributed by atoms with van der Waals surface area (Å²) in [4.78, 5) is 27.0. The molecule has 1 aliphatic heterocycles. The van der Waals surface area contributed by atoms with Crippen LogP contribution < -0.4 is 0 Å². The molecule has 0 atom stereocenters. The van der Waals surface area contributed by atoms with Gasteiger partial charge < -0.3 is 9.52 Å². The molecular weight excluding hydrogens is 366 g/mol. The third-order valence-corrected chi connectivity index (χ3v) is 5.70. The van der Waals surface area contributed by atoms with Crippen molar-refractivity contribution in [1.29, 1.82) is 0 Å². The lowest BCUT2D eigenvalue weighted by Gasteiger charge is -2.12. The molecule has 124 valence electrons. The van der Waals surface area contributed by atoms with Gasteiger partial charge in [0.2, 0.25) is 0 Å². The third kappa shape index (κ3) is 3.61. The SMILES string of the molecule is Cc1ccc(-c2ccc(/C=C3/SC(=S)N(CCC(=O)O)C3=O)o2)s1. The summed E-state index contributed by atoms with van der Waals surface area (Å²) in [5.74, 6) is 0.0709. The Labute approximate surface area is 152 Å². The van der Waals surface area contributed by atoms with Gasteiger partial charge in [-0.05, 0) is 31.2 Å². The second-order valence-electron chi connectivity index (χ2n) is 5.09. The van der Waals surface area contributed by atoms with Gasteiger partial charge in [0.05, 0.1) is 16.2 Å². The van der Waals surface area contributed by atoms with Crippen LogP contribution in [0.15, 0.2) is 33.6 Å². The minimum Gasteiger partial charge on any atom is -0.481 e. The summed E-state index contributed by atoms with van der Waals surface area (Å²) in [6.07, 6.45) is 1.51. The van der Waals surface area contributed by atoms with Crippen LogP contribution in [0.3, 0.4) is 0 Å². The number of aryl methyl sites for hydroxylation is 1. The predicted octanol–water partition coefficient (Wildman–Crippen LogP) is 3.99. The molecule has 0 aliphatic carbocycles. The molecule has 1 saturated heterocycles. The number of hydrogen-bond acceptors (Lipinski definition) is 6. The highest BCUT2D eigenvalue weighted by Crippen LogP contribution is 2.34. The summed E-state index contributed by atoms with van der Waals surface area (Å²) in [5.41, 5.74) is 0. The van der Waals surface area contributed by atoms with Crippen molar-refractivity contribution in [3.63, 3.8) is 0 Å². The van der Waals surface area contributed by atoms with E-state index in [0.717, 1.165) is 22.4 Å². The van der Waals surface area contributed by atoms with E-state index in [4.69, 9.17) is 21.7 Å². The van der Waals surface area contributed by atoms with Crippen LogP contribution in [0.5, 0.6) is 0 Å². The highest BCUT2D eigenvalue weighted by atomic mass is 32.2. The second-order valence-corrected chi connectivity index (χ2v) is 8.05. The van der Waals surface area contributed by atoms with Gasteiger partial charge in [-0.1, -0.05) is 24.0 Å². The molecule has 0 unspecified atom stereocenters. The number of thiophene rings is 1. The summed E-state index contributed by atoms with van der Waals surface area (Å²) < 4.78 is 6.14. The number of thioether (sulfide) groups is 1. The molecule has 8 heteroatoms. The monoisotopic (exact) mass is 379 g/mol. The molecule has 0 aromatic carbocycles. The van der Waals surface area contributed by atoms with Gasteiger partial charge in [-0.15, -0.1) is 11.3 Å². The molecule has 1 aliphatic rings. The van der Waals surface area contributed by atoms with Crippen LogP contribution in [-0.2, 0) is 9.59 Å². The third-order valence-electron chi connectivity index (χ3n) is 3.31. The minimum absolute atomic E-state index is 0.0786. The van der Waals surface area contributed by atoms with Crippen LogP contribution in [0.1, 0.15) is 17.1 Å². The molecule has 1 N–H and O–H groups in total. The Morgan fingerprint density at radius 2 is 2.17 bits per heavy atom. The lowest BCUT2D eigenvalue weighted by Crippen LogP contribution is -2.30. The number of carboxylic acids is 1. The van der Waals surface area contributed by atoms with Crippen molar-refractivity contribution in [1.82, 2.24) is 4.90 Å². The van der Waals surface area contributed by atoms with Gasteiger partial charge in [0, 0.05) is 17.5 Å². The lowest BCUT2D eigenvalue weighted by atomic mass is 10.3. The smallest absolute Gasteiger partial charge is 0.305 e. The normalized spacial score (nSPS) is 16.4. The van der Waals surface area contributed by atoms with E-state index < -0.39 is 5.97 Å². The van der Waals surface area contributed by atoms with E-state index in [1.807, 2.05) is 25.1 Å². The van der Waals surface area contributed by atoms with Crippen molar-refractivity contribution < 1.29 is 19.1 Å². The molecule has 2 aromatic heterocycles. The summed E-state index contributed by atoms with van der Waals surface area (Å²) in [6.45, 7) is 2.11. The van der Waals surface area contributed by atoms with Crippen molar-refractivity contribution >= 4 is 57.6 Å². The van der Waals surface area contributed by atoms with Gasteiger partial charge in [-0.25, -0.2) is 0 Å². The molecular formula is C16H13NO4S3. The fraction of sp³-hybridized carbons (Fsp3) is 0.188. The Morgan fingerprint density at radius 1 is 1.38 bits per heavy atom. The molecule has 1 amide bonds. The van der Waals surface area contributed by atoms with E-state index in [0.29, 0.717) is 15.0 Å². The molecule has 0 saturated carbocycles. The van der Waals surface area contributed by atoms with Crippen molar-refractivity contribution in [3.05, 3.63) is 39.8 Å². The van der Waals surface area contributed by atoms with Crippen LogP contribution >= 0.6 is 35.3 Å². The highest BCUT2D eigenvalue weighted by Gasteiger charge is 2.32. The zero-order valence-corrected chi connectivity index (χ0v) is 15.1. The van der Waals surface area contributed by atoms with Crippen molar-refractivity contribution in [2.75, 3.05) is 6.54 Å². The number of rotatable bonds is 5. The number of carbonyl (C=O) groups excluding carboxylic acids is 1. The zero-order valence-electron chi connectivity index (χ0n) is 12.6. The van der Waals surface area contributed by atoms with Gasteiger partial charge in [0.15, 0.2) is 0 Å². The maximum atomic E-state index is 12.3. The number of carboxylic acid groups (broad SMARTS) is 1. The standard InChI is InChI=1S/C16H13NO4S3/c1-9-2-5-12(23-9)11-4-3-10(21-11)8-13-15(20)17(16(22)24-13)7-6-14(18)19/h2-5,8H,6-7H2,1H3,(H,18,19)/b13-8+. The van der Waals surface area contributed by atoms with Gasteiger partial charge in [0.1, 0.15) is 15.8 Å². The molecule has 24 heavy (non-hydrogen) atoms. The lowest BCUT2D eigenvalue weighted by molar-refractivity contribution is -0.137. The topological polar surface area (TPSA) is 70.8 Å². The van der Waals surface area contributed by atoms with Crippen LogP contribution in [0, 0.1) is 6.92 Å². The maximum absolute atomic E-state index is 12.3. The van der Waals surface area contributed by atoms with E-state index in [-0.39, 0.29) is 18.9 Å². The molecule has 0 radical (unpaired) electrons. The van der Waals surface area contributed by atoms with Gasteiger partial charge >= 0.3 is 5.97 Å². The predicted molar refractivity (Wildman–Crippen MR) is 98.9 cm³/mol. The first-order valence-electron chi connectivity index (χ1n) is 7.08. The minimum atomic E-state index is -0.963. The van der Waals surface area contributed by atoms with Crippen LogP contribution in [-0.4, -0.2) is 32.7 Å². The number of amides is 1. The maximum Gasteiger partial charge on any atom is 0.305 e. The molecule has 3 rings (SSSR count). The molecule has 5 nitrogen and oxygen atoms in total. The highest BCUT2D eigenvalue weighted by molar-refractivity contribution is 8.26. The Hall–Kier alpha value is -1.90. The zero-order chi connectivity index (χ0) is 17.3. The Morgan fingerprint density at radius 3 is 2.83 bits per heavy atom. The fourth-order valence-corrected chi connectivity index (χ4v) is 4.28. The number of nitrogens with zero attached hydrogens (tertiary/aromatic N) is 1. The molecule has 0 bridgehead atoms. The van der Waals surface area contributed by atoms with E-state index >= 15 is 0 Å². The summed E-state index contributed by atoms with van der Waals surface area (Å²) >= 11 is 7.95. The average Bonchev–Trinajstić information content (AvgIpc) is 3.20. The first-order chi connectivity index (χ1) is 11.4. The molecule has 3 heterocycles. The second kappa shape index (κ2) is 6.92. The van der Waals surface area contributed by atoms with Crippen molar-refractivity contribution in [3.8, 4) is 10.6 Å². The van der Waals surface area contributed by atoms with Gasteiger partial charge in [-0.2, -0.15) is 0 Å². The molecule has 2 aromatic rings. The summed E-state index contributed by atoms with van der Waals surface area (Å²) in [5, 5.41) is 8.74. The number of furan rings is 1. The number of thiocarbonyl (C=S) groups is 1. The van der Waals surface area contributed by atoms with Crippen molar-refractivity contribution in [2.45, 2.75) is 13.3 Å². The fourth-order valence-electron chi connectivity index (χ4n) is 2.16. The molecule has 0 spiro atoms. The van der Waals surface area contributed by atoms with E-state index in [1.54, 1.807) is 23.5 Å². The molecule has 1 fully saturated rings. The van der Waals surface area contributed by atoms with Crippen LogP contribution in [0.2, 0.25) is 0 Å². The quantitative estimate of drug-likeness (QED) is 0.626. The number of aliphatic carboxylic acids is 1. The number of carbonyl (C=O) groups is 2. The van der Waals surface area contributed by atoms with E-state index in [9.17, 15) is 9.59 Å². The van der Waals surface area contributed by atoms with E-state index in [1.165, 1.54) is 9.78 Å². The summed E-state index contributed by atoms with van der Waals surface area (Å²) in [6, 6.07) is 7.68. The Kier molecular flexibility index (Phi) is 4.88. The van der Waals surface area contributed by atoms with Crippen LogP contribution in [0.4, 0.5) is 0 Å². The van der Waals surface area contributed by atoms with Gasteiger partial charge in [0.25, 0.3) is 5.91 Å². The van der Waals surface area contributed by atoms with Gasteiger partial charge in [-0.3, -0.25) is 14.5 Å². The first kappa shape index (κ1) is 16.9. The van der Waals surface area contributed by atoms with Crippen molar-refractivity contribution in [2.24, 2.45) is 0 Å². The largest absolute Gasteiger partial charge is 0.481 e. The first-order valence-corrected chi connectivity index (χ1v) is 9.12.